The molecule has 0 saturated heterocycles. The minimum absolute atomic E-state index is 0. The van der Waals surface area contributed by atoms with Crippen LogP contribution in [0.25, 0.3) is 0 Å². The van der Waals surface area contributed by atoms with Gasteiger partial charge in [0.1, 0.15) is 0 Å². The molecule has 0 aliphatic carbocycles. The number of hydrogen-bond acceptors (Lipinski definition) is 0. The molecule has 0 rings (SSSR count). The fourth-order valence-corrected chi connectivity index (χ4v) is 4.63. The fraction of sp³-hybridized carbons (Fsp3) is 1.00. The first-order valence-electron chi connectivity index (χ1n) is 6.76. The third-order valence-corrected chi connectivity index (χ3v) is 8.82. The van der Waals surface area contributed by atoms with E-state index in [-0.39, 0.29) is 26.6 Å². The third-order valence-electron chi connectivity index (χ3n) is 2.94. The normalized spacial score (nSPS) is 8.33. The van der Waals surface area contributed by atoms with Crippen molar-refractivity contribution in [1.82, 2.24) is 0 Å². The van der Waals surface area contributed by atoms with Crippen molar-refractivity contribution in [2.45, 2.75) is 73.9 Å². The van der Waals surface area contributed by atoms with Crippen LogP contribution in [-0.2, 0) is 0 Å². The molecule has 0 saturated carbocycles. The third kappa shape index (κ3) is 21.2. The van der Waals surface area contributed by atoms with E-state index in [1.165, 1.54) is 28.7 Å². The Kier molecular flexibility index (Phi) is 29.9. The molecule has 0 heterocycles. The Bertz CT molecular complexity index is 76.2. The van der Waals surface area contributed by atoms with E-state index in [1.807, 2.05) is 0 Å². The Balaban J connectivity index is -0.000000180. The van der Waals surface area contributed by atoms with Gasteiger partial charge in [0.2, 0.25) is 15.2 Å². The second-order valence-electron chi connectivity index (χ2n) is 4.15. The largest absolute Gasteiger partial charge is 0.261 e. The van der Waals surface area contributed by atoms with Crippen LogP contribution in [0.4, 0.5) is 0 Å². The zero-order chi connectivity index (χ0) is 11.2. The maximum absolute atomic E-state index is 2.32. The Hall–Kier alpha value is 1.35. The first-order valence-corrected chi connectivity index (χ1v) is 11.2. The highest BCUT2D eigenvalue weighted by atomic mass is 35.5. The lowest BCUT2D eigenvalue weighted by atomic mass is 10.6. The molecule has 0 radical (unpaired) electrons. The van der Waals surface area contributed by atoms with Crippen LogP contribution in [0.2, 0.25) is 26.4 Å². The van der Waals surface area contributed by atoms with Crippen molar-refractivity contribution in [2.75, 3.05) is 0 Å². The van der Waals surface area contributed by atoms with Crippen molar-refractivity contribution in [2.24, 2.45) is 0 Å². The highest BCUT2D eigenvalue weighted by molar-refractivity contribution is 6.58. The summed E-state index contributed by atoms with van der Waals surface area (Å²) in [5.74, 6) is 0. The first-order chi connectivity index (χ1) is 6.76. The van der Waals surface area contributed by atoms with E-state index in [4.69, 9.17) is 0 Å². The highest BCUT2D eigenvalue weighted by Crippen LogP contribution is 2.01. The van der Waals surface area contributed by atoms with Gasteiger partial charge in [-0.3, -0.25) is 0 Å². The monoisotopic (exact) mass is 264 g/mol. The standard InChI is InChI=1S/2C3H7.3C2H5.2Al.ClH.H/c2*1-3-2;3*1-2;;;;/h2*1,3H2,2H3;3*1H2,2H3;;;1H;. The second-order valence-corrected chi connectivity index (χ2v) is 10.5. The van der Waals surface area contributed by atoms with Gasteiger partial charge in [0.05, 0.1) is 0 Å². The van der Waals surface area contributed by atoms with Gasteiger partial charge in [-0.05, 0) is 0 Å². The molecule has 0 aliphatic heterocycles. The van der Waals surface area contributed by atoms with E-state index in [0.29, 0.717) is 15.2 Å². The molecule has 0 aromatic carbocycles. The molecule has 0 atom stereocenters. The summed E-state index contributed by atoms with van der Waals surface area (Å²) in [6, 6.07) is 0. The van der Waals surface area contributed by atoms with Gasteiger partial charge in [-0.25, -0.2) is 0 Å². The van der Waals surface area contributed by atoms with Gasteiger partial charge in [-0.15, -0.1) is 12.4 Å². The van der Waals surface area contributed by atoms with Gasteiger partial charge in [-0.2, -0.15) is 0 Å². The number of hydrogen-bond donors (Lipinski definition) is 0. The summed E-state index contributed by atoms with van der Waals surface area (Å²) in [5, 5.41) is 7.61. The molecule has 3 heteroatoms. The van der Waals surface area contributed by atoms with Crippen LogP contribution in [0.5, 0.6) is 0 Å². The van der Waals surface area contributed by atoms with E-state index in [0.717, 1.165) is 0 Å². The molecule has 15 heavy (non-hydrogen) atoms. The van der Waals surface area contributed by atoms with Crippen molar-refractivity contribution >= 4 is 41.8 Å². The smallest absolute Gasteiger partial charge is 0.147 e. The average molecular weight is 265 g/mol. The topological polar surface area (TPSA) is 0 Å². The van der Waals surface area contributed by atoms with Gasteiger partial charge < -0.3 is 0 Å². The SMILES string of the molecule is CC[CH2][AlH][CH2]CC.C[CH2][Al]([CH2]C)[CH2]C.Cl. The summed E-state index contributed by atoms with van der Waals surface area (Å²) < 4.78 is 0. The minimum atomic E-state index is -0.171. The van der Waals surface area contributed by atoms with Gasteiger partial charge in [0, 0.05) is 0 Å². The van der Waals surface area contributed by atoms with E-state index < -0.39 is 0 Å². The molecule has 92 valence electrons. The van der Waals surface area contributed by atoms with E-state index in [9.17, 15) is 0 Å². The molecule has 0 aromatic heterocycles. The van der Waals surface area contributed by atoms with Crippen LogP contribution in [-0.4, -0.2) is 29.4 Å². The van der Waals surface area contributed by atoms with E-state index in [2.05, 4.69) is 34.6 Å². The minimum Gasteiger partial charge on any atom is -0.147 e. The van der Waals surface area contributed by atoms with E-state index in [1.54, 1.807) is 10.6 Å². The molecule has 0 nitrogen and oxygen atoms in total. The van der Waals surface area contributed by atoms with Crippen LogP contribution in [0.3, 0.4) is 0 Å². The molecule has 0 fully saturated rings. The molecular formula is C12H31Al2Cl. The number of halogens is 1. The van der Waals surface area contributed by atoms with Crippen LogP contribution in [0, 0.1) is 0 Å². The molecule has 0 bridgehead atoms. The van der Waals surface area contributed by atoms with Crippen molar-refractivity contribution in [3.8, 4) is 0 Å². The van der Waals surface area contributed by atoms with Crippen LogP contribution >= 0.6 is 12.4 Å². The van der Waals surface area contributed by atoms with Crippen LogP contribution < -0.4 is 0 Å². The predicted molar refractivity (Wildman–Crippen MR) is 81.8 cm³/mol. The zero-order valence-electron chi connectivity index (χ0n) is 11.6. The summed E-state index contributed by atoms with van der Waals surface area (Å²) in [7, 11) is 0. The van der Waals surface area contributed by atoms with Gasteiger partial charge in [0.15, 0.2) is 0 Å². The highest BCUT2D eigenvalue weighted by Gasteiger charge is 2.05. The van der Waals surface area contributed by atoms with E-state index >= 15 is 0 Å². The first kappa shape index (κ1) is 21.6. The molecule has 0 aromatic rings. The Morgan fingerprint density at radius 2 is 1.07 bits per heavy atom. The van der Waals surface area contributed by atoms with Gasteiger partial charge >= 0.3 is 0 Å². The lowest BCUT2D eigenvalue weighted by molar-refractivity contribution is 1.02. The maximum Gasteiger partial charge on any atom is 0.261 e. The van der Waals surface area contributed by atoms with Gasteiger partial charge in [-0.1, -0.05) is 73.9 Å². The predicted octanol–water partition coefficient (Wildman–Crippen LogP) is 5.04. The Labute approximate surface area is 115 Å². The Morgan fingerprint density at radius 1 is 0.733 bits per heavy atom. The summed E-state index contributed by atoms with van der Waals surface area (Å²) >= 11 is 0.240. The molecular weight excluding hydrogens is 234 g/mol. The van der Waals surface area contributed by atoms with Crippen molar-refractivity contribution in [3.63, 3.8) is 0 Å². The van der Waals surface area contributed by atoms with Crippen molar-refractivity contribution in [3.05, 3.63) is 0 Å². The molecule has 0 N–H and O–H groups in total. The lowest BCUT2D eigenvalue weighted by Crippen LogP contribution is -2.04. The molecule has 0 unspecified atom stereocenters. The fourth-order valence-electron chi connectivity index (χ4n) is 1.54. The van der Waals surface area contributed by atoms with Gasteiger partial charge in [0.25, 0.3) is 14.1 Å². The molecule has 0 spiro atoms. The number of rotatable bonds is 7. The quantitative estimate of drug-likeness (QED) is 0.446. The summed E-state index contributed by atoms with van der Waals surface area (Å²) in [4.78, 5) is 0. The van der Waals surface area contributed by atoms with Crippen molar-refractivity contribution < 1.29 is 0 Å². The lowest BCUT2D eigenvalue weighted by Gasteiger charge is -1.97. The molecule has 0 aliphatic rings. The summed E-state index contributed by atoms with van der Waals surface area (Å²) in [6.07, 6.45) is 2.85. The van der Waals surface area contributed by atoms with Crippen LogP contribution in [0.15, 0.2) is 0 Å². The average Bonchev–Trinajstić information content (AvgIpc) is 2.22. The molecule has 0 amide bonds. The van der Waals surface area contributed by atoms with Crippen LogP contribution in [0.1, 0.15) is 47.5 Å². The summed E-state index contributed by atoms with van der Waals surface area (Å²) in [6.45, 7) is 11.5. The summed E-state index contributed by atoms with van der Waals surface area (Å²) in [5.41, 5.74) is 0. The van der Waals surface area contributed by atoms with Crippen molar-refractivity contribution in [1.29, 1.82) is 0 Å². The maximum atomic E-state index is 2.32. The second kappa shape index (κ2) is 20.7. The zero-order valence-corrected chi connectivity index (χ0v) is 15.0. The Morgan fingerprint density at radius 3 is 1.20 bits per heavy atom.